The number of carbonyl (C=O) groups excluding carboxylic acids is 1. The van der Waals surface area contributed by atoms with Gasteiger partial charge in [0.15, 0.2) is 5.78 Å². The van der Waals surface area contributed by atoms with Gasteiger partial charge in [0.1, 0.15) is 0 Å². The molecule has 1 heterocycles. The Morgan fingerprint density at radius 2 is 1.68 bits per heavy atom. The summed E-state index contributed by atoms with van der Waals surface area (Å²) in [5.74, 6) is 1.46. The van der Waals surface area contributed by atoms with Crippen LogP contribution in [0.5, 0.6) is 0 Å². The second kappa shape index (κ2) is 7.20. The lowest BCUT2D eigenvalue weighted by molar-refractivity contribution is 0.0912. The van der Waals surface area contributed by atoms with Gasteiger partial charge in [0.05, 0.1) is 6.54 Å². The summed E-state index contributed by atoms with van der Waals surface area (Å²) in [5, 5.41) is 0. The average molecular weight is 281 g/mol. The Kier molecular flexibility index (Phi) is 6.21. The van der Waals surface area contributed by atoms with E-state index >= 15 is 0 Å². The summed E-state index contributed by atoms with van der Waals surface area (Å²) < 4.78 is 0. The summed E-state index contributed by atoms with van der Waals surface area (Å²) in [4.78, 5) is 17.1. The van der Waals surface area contributed by atoms with Crippen molar-refractivity contribution in [2.24, 2.45) is 11.8 Å². The number of hydrogen-bond acceptors (Lipinski definition) is 3. The van der Waals surface area contributed by atoms with Crippen molar-refractivity contribution in [3.8, 4) is 0 Å². The number of hydrogen-bond donors (Lipinski definition) is 0. The molecule has 0 saturated heterocycles. The van der Waals surface area contributed by atoms with Crippen LogP contribution in [-0.4, -0.2) is 30.3 Å². The van der Waals surface area contributed by atoms with Crippen LogP contribution in [0.25, 0.3) is 0 Å². The van der Waals surface area contributed by atoms with Gasteiger partial charge in [0.2, 0.25) is 0 Å². The molecule has 0 atom stereocenters. The highest BCUT2D eigenvalue weighted by molar-refractivity contribution is 7.12. The standard InChI is InChI=1S/C16H27NOS/c1-11(2)8-17(9-12(3)4)10-16(18)15-7-13(5)19-14(15)6/h7,11-12H,8-10H2,1-6H3. The summed E-state index contributed by atoms with van der Waals surface area (Å²) in [6.07, 6.45) is 0. The number of thiophene rings is 1. The quantitative estimate of drug-likeness (QED) is 0.699. The van der Waals surface area contributed by atoms with E-state index in [1.54, 1.807) is 11.3 Å². The lowest BCUT2D eigenvalue weighted by Gasteiger charge is -2.25. The van der Waals surface area contributed by atoms with Gasteiger partial charge < -0.3 is 0 Å². The first-order chi connectivity index (χ1) is 8.79. The Bertz CT molecular complexity index is 410. The van der Waals surface area contributed by atoms with Crippen LogP contribution < -0.4 is 0 Å². The van der Waals surface area contributed by atoms with Gasteiger partial charge in [-0.1, -0.05) is 27.7 Å². The summed E-state index contributed by atoms with van der Waals surface area (Å²) in [6, 6.07) is 2.03. The molecule has 2 nitrogen and oxygen atoms in total. The van der Waals surface area contributed by atoms with E-state index in [0.717, 1.165) is 23.5 Å². The van der Waals surface area contributed by atoms with Crippen molar-refractivity contribution in [3.05, 3.63) is 21.4 Å². The highest BCUT2D eigenvalue weighted by atomic mass is 32.1. The minimum Gasteiger partial charge on any atom is -0.295 e. The van der Waals surface area contributed by atoms with Crippen molar-refractivity contribution in [2.45, 2.75) is 41.5 Å². The van der Waals surface area contributed by atoms with Crippen molar-refractivity contribution in [1.82, 2.24) is 4.90 Å². The van der Waals surface area contributed by atoms with Gasteiger partial charge in [0, 0.05) is 28.4 Å². The van der Waals surface area contributed by atoms with E-state index in [9.17, 15) is 4.79 Å². The maximum absolute atomic E-state index is 12.4. The first kappa shape index (κ1) is 16.4. The summed E-state index contributed by atoms with van der Waals surface area (Å²) >= 11 is 1.71. The molecule has 1 aromatic rings. The number of Topliss-reactive ketones (excluding diaryl/α,β-unsaturated/α-hetero) is 1. The fourth-order valence-corrected chi connectivity index (χ4v) is 3.37. The third-order valence-electron chi connectivity index (χ3n) is 2.96. The lowest BCUT2D eigenvalue weighted by Crippen LogP contribution is -2.35. The molecule has 1 rings (SSSR count). The SMILES string of the molecule is Cc1cc(C(=O)CN(CC(C)C)CC(C)C)c(C)s1. The second-order valence-electron chi connectivity index (χ2n) is 6.23. The highest BCUT2D eigenvalue weighted by Crippen LogP contribution is 2.21. The highest BCUT2D eigenvalue weighted by Gasteiger charge is 2.17. The van der Waals surface area contributed by atoms with Gasteiger partial charge >= 0.3 is 0 Å². The van der Waals surface area contributed by atoms with Crippen LogP contribution in [0.2, 0.25) is 0 Å². The molecular formula is C16H27NOS. The van der Waals surface area contributed by atoms with E-state index in [-0.39, 0.29) is 5.78 Å². The van der Waals surface area contributed by atoms with Crippen LogP contribution in [0.3, 0.4) is 0 Å². The van der Waals surface area contributed by atoms with Gasteiger partial charge in [-0.25, -0.2) is 0 Å². The Morgan fingerprint density at radius 1 is 1.16 bits per heavy atom. The molecule has 0 aliphatic carbocycles. The molecule has 0 amide bonds. The van der Waals surface area contributed by atoms with E-state index in [1.807, 2.05) is 13.0 Å². The first-order valence-corrected chi connectivity index (χ1v) is 7.93. The predicted molar refractivity (Wildman–Crippen MR) is 84.2 cm³/mol. The van der Waals surface area contributed by atoms with Crippen molar-refractivity contribution >= 4 is 17.1 Å². The minimum absolute atomic E-state index is 0.267. The zero-order valence-corrected chi connectivity index (χ0v) is 13.9. The smallest absolute Gasteiger partial charge is 0.177 e. The van der Waals surface area contributed by atoms with Crippen molar-refractivity contribution in [1.29, 1.82) is 0 Å². The monoisotopic (exact) mass is 281 g/mol. The molecule has 0 bridgehead atoms. The zero-order chi connectivity index (χ0) is 14.6. The molecule has 1 aromatic heterocycles. The topological polar surface area (TPSA) is 20.3 Å². The maximum Gasteiger partial charge on any atom is 0.177 e. The second-order valence-corrected chi connectivity index (χ2v) is 7.69. The Labute approximate surface area is 121 Å². The Balaban J connectivity index is 2.72. The van der Waals surface area contributed by atoms with E-state index in [4.69, 9.17) is 0 Å². The maximum atomic E-state index is 12.4. The average Bonchev–Trinajstić information content (AvgIpc) is 2.55. The molecule has 0 unspecified atom stereocenters. The molecule has 3 heteroatoms. The first-order valence-electron chi connectivity index (χ1n) is 7.12. The number of nitrogens with zero attached hydrogens (tertiary/aromatic N) is 1. The van der Waals surface area contributed by atoms with Gasteiger partial charge in [-0.2, -0.15) is 0 Å². The molecule has 0 aliphatic heterocycles. The third-order valence-corrected chi connectivity index (χ3v) is 3.92. The number of carbonyl (C=O) groups is 1. The van der Waals surface area contributed by atoms with Crippen LogP contribution in [0.4, 0.5) is 0 Å². The van der Waals surface area contributed by atoms with Crippen molar-refractivity contribution < 1.29 is 4.79 Å². The van der Waals surface area contributed by atoms with Crippen LogP contribution >= 0.6 is 11.3 Å². The molecule has 0 N–H and O–H groups in total. The normalized spacial score (nSPS) is 11.8. The van der Waals surface area contributed by atoms with Gasteiger partial charge in [-0.05, 0) is 31.7 Å². The van der Waals surface area contributed by atoms with E-state index in [0.29, 0.717) is 18.4 Å². The Hall–Kier alpha value is -0.670. The van der Waals surface area contributed by atoms with Crippen molar-refractivity contribution in [2.75, 3.05) is 19.6 Å². The fourth-order valence-electron chi connectivity index (χ4n) is 2.43. The number of rotatable bonds is 7. The number of aryl methyl sites for hydroxylation is 2. The van der Waals surface area contributed by atoms with Crippen LogP contribution in [0.15, 0.2) is 6.07 Å². The number of ketones is 1. The van der Waals surface area contributed by atoms with Crippen molar-refractivity contribution in [3.63, 3.8) is 0 Å². The van der Waals surface area contributed by atoms with Gasteiger partial charge in [-0.3, -0.25) is 9.69 Å². The molecule has 0 saturated carbocycles. The largest absolute Gasteiger partial charge is 0.295 e. The fraction of sp³-hybridized carbons (Fsp3) is 0.688. The van der Waals surface area contributed by atoms with Gasteiger partial charge in [0.25, 0.3) is 0 Å². The van der Waals surface area contributed by atoms with Gasteiger partial charge in [-0.15, -0.1) is 11.3 Å². The molecule has 0 spiro atoms. The van der Waals surface area contributed by atoms with E-state index in [2.05, 4.69) is 39.5 Å². The van der Waals surface area contributed by atoms with Crippen LogP contribution in [0, 0.1) is 25.7 Å². The molecule has 0 radical (unpaired) electrons. The molecule has 0 aromatic carbocycles. The molecular weight excluding hydrogens is 254 g/mol. The van der Waals surface area contributed by atoms with Crippen LogP contribution in [0.1, 0.15) is 47.8 Å². The zero-order valence-electron chi connectivity index (χ0n) is 13.1. The summed E-state index contributed by atoms with van der Waals surface area (Å²) in [7, 11) is 0. The lowest BCUT2D eigenvalue weighted by atomic mass is 10.1. The Morgan fingerprint density at radius 3 is 2.05 bits per heavy atom. The molecule has 0 aliphatic rings. The van der Waals surface area contributed by atoms with Crippen LogP contribution in [-0.2, 0) is 0 Å². The predicted octanol–water partition coefficient (Wildman–Crippen LogP) is 4.16. The third kappa shape index (κ3) is 5.45. The molecule has 108 valence electrons. The summed E-state index contributed by atoms with van der Waals surface area (Å²) in [6.45, 7) is 15.5. The minimum atomic E-state index is 0.267. The van der Waals surface area contributed by atoms with E-state index < -0.39 is 0 Å². The summed E-state index contributed by atoms with van der Waals surface area (Å²) in [5.41, 5.74) is 0.917. The van der Waals surface area contributed by atoms with E-state index in [1.165, 1.54) is 4.88 Å². The molecule has 0 fully saturated rings. The molecule has 19 heavy (non-hydrogen) atoms.